The van der Waals surface area contributed by atoms with Crippen molar-refractivity contribution in [2.75, 3.05) is 5.32 Å². The third-order valence-corrected chi connectivity index (χ3v) is 4.10. The maximum atomic E-state index is 6.24. The molecule has 0 aliphatic heterocycles. The summed E-state index contributed by atoms with van der Waals surface area (Å²) in [6.07, 6.45) is 1.73. The van der Waals surface area contributed by atoms with E-state index in [4.69, 9.17) is 17.3 Å². The van der Waals surface area contributed by atoms with Crippen molar-refractivity contribution < 1.29 is 0 Å². The SMILES string of the molecule is NC(c1csc(Nc2ccccn2)n1)c1ccccc1Cl. The van der Waals surface area contributed by atoms with Gasteiger partial charge in [0.2, 0.25) is 0 Å². The lowest BCUT2D eigenvalue weighted by Gasteiger charge is -2.10. The number of benzene rings is 1. The van der Waals surface area contributed by atoms with Crippen molar-refractivity contribution in [3.63, 3.8) is 0 Å². The highest BCUT2D eigenvalue weighted by atomic mass is 35.5. The highest BCUT2D eigenvalue weighted by molar-refractivity contribution is 7.13. The number of nitrogens with two attached hydrogens (primary N) is 1. The highest BCUT2D eigenvalue weighted by Gasteiger charge is 2.15. The van der Waals surface area contributed by atoms with Crippen molar-refractivity contribution in [2.24, 2.45) is 5.73 Å². The molecule has 0 fully saturated rings. The maximum absolute atomic E-state index is 6.24. The normalized spacial score (nSPS) is 12.1. The Morgan fingerprint density at radius 2 is 1.95 bits per heavy atom. The first-order valence-corrected chi connectivity index (χ1v) is 7.63. The molecule has 0 saturated carbocycles. The van der Waals surface area contributed by atoms with Gasteiger partial charge in [0.1, 0.15) is 5.82 Å². The lowest BCUT2D eigenvalue weighted by Crippen LogP contribution is -2.12. The van der Waals surface area contributed by atoms with Crippen LogP contribution in [0, 0.1) is 0 Å². The highest BCUT2D eigenvalue weighted by Crippen LogP contribution is 2.29. The van der Waals surface area contributed by atoms with Crippen molar-refractivity contribution in [1.29, 1.82) is 0 Å². The Hall–Kier alpha value is -1.95. The van der Waals surface area contributed by atoms with Crippen molar-refractivity contribution in [1.82, 2.24) is 9.97 Å². The van der Waals surface area contributed by atoms with Gasteiger partial charge < -0.3 is 11.1 Å². The fourth-order valence-corrected chi connectivity index (χ4v) is 2.93. The van der Waals surface area contributed by atoms with Crippen LogP contribution >= 0.6 is 22.9 Å². The van der Waals surface area contributed by atoms with Gasteiger partial charge in [-0.2, -0.15) is 0 Å². The summed E-state index contributed by atoms with van der Waals surface area (Å²) in [5, 5.41) is 6.49. The molecular formula is C15H13ClN4S. The Morgan fingerprint density at radius 3 is 2.71 bits per heavy atom. The third-order valence-electron chi connectivity index (χ3n) is 2.98. The maximum Gasteiger partial charge on any atom is 0.188 e. The molecule has 21 heavy (non-hydrogen) atoms. The number of nitrogens with one attached hydrogen (secondary N) is 1. The van der Waals surface area contributed by atoms with E-state index in [1.807, 2.05) is 47.8 Å². The second-order valence-electron chi connectivity index (χ2n) is 4.42. The summed E-state index contributed by atoms with van der Waals surface area (Å²) in [5.41, 5.74) is 7.89. The van der Waals surface area contributed by atoms with E-state index in [-0.39, 0.29) is 6.04 Å². The summed E-state index contributed by atoms with van der Waals surface area (Å²) in [6.45, 7) is 0. The molecule has 1 unspecified atom stereocenters. The zero-order valence-electron chi connectivity index (χ0n) is 11.0. The number of pyridine rings is 1. The Labute approximate surface area is 131 Å². The lowest BCUT2D eigenvalue weighted by atomic mass is 10.1. The summed E-state index contributed by atoms with van der Waals surface area (Å²) < 4.78 is 0. The number of rotatable bonds is 4. The summed E-state index contributed by atoms with van der Waals surface area (Å²) in [5.74, 6) is 0.754. The molecule has 0 spiro atoms. The van der Waals surface area contributed by atoms with E-state index in [1.165, 1.54) is 11.3 Å². The molecule has 4 nitrogen and oxygen atoms in total. The monoisotopic (exact) mass is 316 g/mol. The van der Waals surface area contributed by atoms with Gasteiger partial charge in [-0.1, -0.05) is 35.9 Å². The minimum atomic E-state index is -0.339. The van der Waals surface area contributed by atoms with Gasteiger partial charge in [-0.3, -0.25) is 0 Å². The van der Waals surface area contributed by atoms with E-state index in [0.717, 1.165) is 22.2 Å². The molecule has 0 amide bonds. The molecule has 1 atom stereocenters. The molecule has 106 valence electrons. The lowest BCUT2D eigenvalue weighted by molar-refractivity contribution is 0.840. The summed E-state index contributed by atoms with van der Waals surface area (Å²) in [4.78, 5) is 8.71. The van der Waals surface area contributed by atoms with Crippen LogP contribution < -0.4 is 11.1 Å². The molecule has 0 aliphatic rings. The fourth-order valence-electron chi connectivity index (χ4n) is 1.92. The van der Waals surface area contributed by atoms with Gasteiger partial charge in [0.05, 0.1) is 11.7 Å². The van der Waals surface area contributed by atoms with E-state index in [9.17, 15) is 0 Å². The van der Waals surface area contributed by atoms with Crippen molar-refractivity contribution in [3.05, 3.63) is 70.3 Å². The average Bonchev–Trinajstić information content (AvgIpc) is 2.97. The average molecular weight is 317 g/mol. The Bertz CT molecular complexity index is 729. The second kappa shape index (κ2) is 6.22. The van der Waals surface area contributed by atoms with Crippen LogP contribution in [0.5, 0.6) is 0 Å². The summed E-state index contributed by atoms with van der Waals surface area (Å²) in [6, 6.07) is 12.9. The summed E-state index contributed by atoms with van der Waals surface area (Å²) >= 11 is 7.66. The zero-order chi connectivity index (χ0) is 14.7. The van der Waals surface area contributed by atoms with Crippen molar-refractivity contribution in [3.8, 4) is 0 Å². The van der Waals surface area contributed by atoms with Gasteiger partial charge >= 0.3 is 0 Å². The van der Waals surface area contributed by atoms with Gasteiger partial charge in [0.15, 0.2) is 5.13 Å². The van der Waals surface area contributed by atoms with Crippen LogP contribution in [0.3, 0.4) is 0 Å². The number of anilines is 2. The minimum absolute atomic E-state index is 0.339. The predicted molar refractivity (Wildman–Crippen MR) is 87.1 cm³/mol. The van der Waals surface area contributed by atoms with Gasteiger partial charge in [0.25, 0.3) is 0 Å². The van der Waals surface area contributed by atoms with Gasteiger partial charge in [0, 0.05) is 16.6 Å². The summed E-state index contributed by atoms with van der Waals surface area (Å²) in [7, 11) is 0. The van der Waals surface area contributed by atoms with Crippen LogP contribution in [0.15, 0.2) is 54.0 Å². The molecule has 3 aromatic rings. The van der Waals surface area contributed by atoms with E-state index in [2.05, 4.69) is 15.3 Å². The van der Waals surface area contributed by atoms with Gasteiger partial charge in [-0.15, -0.1) is 11.3 Å². The molecule has 3 rings (SSSR count). The number of hydrogen-bond acceptors (Lipinski definition) is 5. The number of nitrogens with zero attached hydrogens (tertiary/aromatic N) is 2. The smallest absolute Gasteiger partial charge is 0.188 e. The molecule has 0 aliphatic carbocycles. The number of thiazole rings is 1. The van der Waals surface area contributed by atoms with Crippen LogP contribution in [-0.4, -0.2) is 9.97 Å². The fraction of sp³-hybridized carbons (Fsp3) is 0.0667. The molecule has 0 radical (unpaired) electrons. The quantitative estimate of drug-likeness (QED) is 0.764. The second-order valence-corrected chi connectivity index (χ2v) is 5.68. The van der Waals surface area contributed by atoms with Crippen LogP contribution in [0.25, 0.3) is 0 Å². The van der Waals surface area contributed by atoms with E-state index in [1.54, 1.807) is 6.20 Å². The standard InChI is InChI=1S/C15H13ClN4S/c16-11-6-2-1-5-10(11)14(17)12-9-21-15(19-12)20-13-7-3-4-8-18-13/h1-9,14H,17H2,(H,18,19,20). The zero-order valence-corrected chi connectivity index (χ0v) is 12.6. The molecule has 0 bridgehead atoms. The topological polar surface area (TPSA) is 63.8 Å². The molecular weight excluding hydrogens is 304 g/mol. The van der Waals surface area contributed by atoms with Crippen LogP contribution in [0.4, 0.5) is 10.9 Å². The Kier molecular flexibility index (Phi) is 4.15. The van der Waals surface area contributed by atoms with Crippen LogP contribution in [0.2, 0.25) is 5.02 Å². The van der Waals surface area contributed by atoms with Crippen molar-refractivity contribution in [2.45, 2.75) is 6.04 Å². The van der Waals surface area contributed by atoms with E-state index >= 15 is 0 Å². The van der Waals surface area contributed by atoms with Crippen LogP contribution in [0.1, 0.15) is 17.3 Å². The van der Waals surface area contributed by atoms with E-state index < -0.39 is 0 Å². The Morgan fingerprint density at radius 1 is 1.14 bits per heavy atom. The first-order chi connectivity index (χ1) is 10.2. The van der Waals surface area contributed by atoms with E-state index in [0.29, 0.717) is 5.02 Å². The van der Waals surface area contributed by atoms with Crippen molar-refractivity contribution >= 4 is 33.9 Å². The third kappa shape index (κ3) is 3.21. The minimum Gasteiger partial charge on any atom is -0.319 e. The number of aromatic nitrogens is 2. The molecule has 1 aromatic carbocycles. The first kappa shape index (κ1) is 14.0. The molecule has 2 aromatic heterocycles. The Balaban J connectivity index is 1.80. The largest absolute Gasteiger partial charge is 0.319 e. The molecule has 2 heterocycles. The molecule has 6 heteroatoms. The molecule has 0 saturated heterocycles. The number of halogens is 1. The molecule has 3 N–H and O–H groups in total. The van der Waals surface area contributed by atoms with Gasteiger partial charge in [-0.05, 0) is 23.8 Å². The number of hydrogen-bond donors (Lipinski definition) is 2. The van der Waals surface area contributed by atoms with Gasteiger partial charge in [-0.25, -0.2) is 9.97 Å². The van der Waals surface area contributed by atoms with Crippen LogP contribution in [-0.2, 0) is 0 Å². The predicted octanol–water partition coefficient (Wildman–Crippen LogP) is 3.98. The first-order valence-electron chi connectivity index (χ1n) is 6.37.